The maximum absolute atomic E-state index is 13.2. The first-order valence-electron chi connectivity index (χ1n) is 9.64. The van der Waals surface area contributed by atoms with Gasteiger partial charge in [0, 0.05) is 19.9 Å². The molecule has 1 fully saturated rings. The lowest BCUT2D eigenvalue weighted by molar-refractivity contribution is -0.133. The van der Waals surface area contributed by atoms with Gasteiger partial charge in [0.1, 0.15) is 12.2 Å². The molecule has 1 saturated heterocycles. The van der Waals surface area contributed by atoms with Crippen molar-refractivity contribution in [3.8, 4) is 0 Å². The number of para-hydroxylation sites is 1. The van der Waals surface area contributed by atoms with E-state index >= 15 is 0 Å². The van der Waals surface area contributed by atoms with Crippen LogP contribution >= 0.6 is 0 Å². The van der Waals surface area contributed by atoms with E-state index in [9.17, 15) is 14.4 Å². The number of benzene rings is 1. The average Bonchev–Trinajstić information content (AvgIpc) is 3.29. The molecule has 0 unspecified atom stereocenters. The third kappa shape index (κ3) is 3.06. The van der Waals surface area contributed by atoms with Gasteiger partial charge < -0.3 is 14.3 Å². The highest BCUT2D eigenvalue weighted by atomic mass is 16.5. The summed E-state index contributed by atoms with van der Waals surface area (Å²) in [6.07, 6.45) is 1.46. The monoisotopic (exact) mass is 397 g/mol. The summed E-state index contributed by atoms with van der Waals surface area (Å²) in [5.74, 6) is 0.362. The molecule has 3 heterocycles. The van der Waals surface area contributed by atoms with Gasteiger partial charge in [-0.15, -0.1) is 0 Å². The van der Waals surface area contributed by atoms with Gasteiger partial charge in [-0.2, -0.15) is 4.98 Å². The molecule has 0 bridgehead atoms. The Hall–Kier alpha value is -3.23. The fraction of sp³-hybridized carbons (Fsp3) is 0.450. The van der Waals surface area contributed by atoms with Crippen molar-refractivity contribution in [2.75, 3.05) is 18.5 Å². The number of carbonyl (C=O) groups is 3. The molecule has 0 spiro atoms. The van der Waals surface area contributed by atoms with Gasteiger partial charge in [0.05, 0.1) is 17.8 Å². The zero-order chi connectivity index (χ0) is 20.8. The topological polar surface area (TPSA) is 99.9 Å². The van der Waals surface area contributed by atoms with Crippen LogP contribution in [0.3, 0.4) is 0 Å². The molecule has 0 aliphatic carbocycles. The fourth-order valence-electron chi connectivity index (χ4n) is 3.99. The van der Waals surface area contributed by atoms with Crippen molar-refractivity contribution in [1.82, 2.24) is 19.9 Å². The summed E-state index contributed by atoms with van der Waals surface area (Å²) in [7, 11) is 1.63. The van der Waals surface area contributed by atoms with Crippen molar-refractivity contribution in [3.63, 3.8) is 0 Å². The predicted octanol–water partition coefficient (Wildman–Crippen LogP) is 1.59. The standard InChI is InChI=1S/C20H23N5O4/c1-4-15-21-16(29-22-15)11-23(3)18(27)12-24-19(28)13-7-5-6-8-14(13)25-17(26)9-10-20(24,25)2/h5-8H,4,9-12H2,1-3H3/t20-/m1/s1. The van der Waals surface area contributed by atoms with Crippen molar-refractivity contribution in [3.05, 3.63) is 41.5 Å². The number of likely N-dealkylation sites (N-methyl/N-ethyl adjacent to an activating group) is 1. The van der Waals surface area contributed by atoms with E-state index in [1.165, 1.54) is 9.80 Å². The Morgan fingerprint density at radius 1 is 1.31 bits per heavy atom. The van der Waals surface area contributed by atoms with Crippen molar-refractivity contribution >= 4 is 23.4 Å². The van der Waals surface area contributed by atoms with Gasteiger partial charge in [-0.25, -0.2) is 0 Å². The van der Waals surface area contributed by atoms with Crippen molar-refractivity contribution in [2.45, 2.75) is 45.3 Å². The summed E-state index contributed by atoms with van der Waals surface area (Å²) in [5.41, 5.74) is 0.177. The second-order valence-electron chi connectivity index (χ2n) is 7.56. The summed E-state index contributed by atoms with van der Waals surface area (Å²) >= 11 is 0. The van der Waals surface area contributed by atoms with Gasteiger partial charge >= 0.3 is 0 Å². The molecular weight excluding hydrogens is 374 g/mol. The molecule has 0 radical (unpaired) electrons. The minimum absolute atomic E-state index is 0.0452. The van der Waals surface area contributed by atoms with Gasteiger partial charge in [0.15, 0.2) is 5.82 Å². The number of carbonyl (C=O) groups excluding carboxylic acids is 3. The minimum atomic E-state index is -0.862. The van der Waals surface area contributed by atoms with Crippen LogP contribution in [0.4, 0.5) is 5.69 Å². The molecule has 0 N–H and O–H groups in total. The Balaban J connectivity index is 1.58. The van der Waals surface area contributed by atoms with Gasteiger partial charge in [0.2, 0.25) is 17.7 Å². The molecule has 29 heavy (non-hydrogen) atoms. The summed E-state index contributed by atoms with van der Waals surface area (Å²) in [6.45, 7) is 3.77. The molecule has 9 heteroatoms. The number of nitrogens with zero attached hydrogens (tertiary/aromatic N) is 5. The predicted molar refractivity (Wildman–Crippen MR) is 103 cm³/mol. The van der Waals surface area contributed by atoms with Crippen LogP contribution < -0.4 is 4.90 Å². The molecule has 9 nitrogen and oxygen atoms in total. The Bertz CT molecular complexity index is 987. The first-order valence-corrected chi connectivity index (χ1v) is 9.64. The largest absolute Gasteiger partial charge is 0.337 e. The van der Waals surface area contributed by atoms with E-state index in [2.05, 4.69) is 10.1 Å². The zero-order valence-electron chi connectivity index (χ0n) is 16.7. The Morgan fingerprint density at radius 2 is 2.07 bits per heavy atom. The Labute approximate surface area is 168 Å². The summed E-state index contributed by atoms with van der Waals surface area (Å²) in [5, 5.41) is 3.83. The normalized spacial score (nSPS) is 20.7. The third-order valence-electron chi connectivity index (χ3n) is 5.66. The summed E-state index contributed by atoms with van der Waals surface area (Å²) in [6, 6.07) is 7.03. The van der Waals surface area contributed by atoms with E-state index in [0.717, 1.165) is 0 Å². The number of aromatic nitrogens is 2. The van der Waals surface area contributed by atoms with Crippen LogP contribution in [0.2, 0.25) is 0 Å². The van der Waals surface area contributed by atoms with Crippen LogP contribution in [0.25, 0.3) is 0 Å². The van der Waals surface area contributed by atoms with E-state index in [1.807, 2.05) is 19.9 Å². The van der Waals surface area contributed by atoms with Crippen molar-refractivity contribution in [2.24, 2.45) is 0 Å². The molecule has 2 aliphatic rings. The van der Waals surface area contributed by atoms with Crippen LogP contribution in [0.1, 0.15) is 48.8 Å². The highest BCUT2D eigenvalue weighted by Crippen LogP contribution is 2.43. The highest BCUT2D eigenvalue weighted by Gasteiger charge is 2.53. The van der Waals surface area contributed by atoms with Gasteiger partial charge in [-0.05, 0) is 25.5 Å². The summed E-state index contributed by atoms with van der Waals surface area (Å²) < 4.78 is 5.15. The van der Waals surface area contributed by atoms with E-state index in [0.29, 0.717) is 42.2 Å². The van der Waals surface area contributed by atoms with Crippen molar-refractivity contribution < 1.29 is 18.9 Å². The average molecular weight is 397 g/mol. The minimum Gasteiger partial charge on any atom is -0.337 e. The quantitative estimate of drug-likeness (QED) is 0.760. The lowest BCUT2D eigenvalue weighted by Gasteiger charge is -2.48. The molecule has 3 amide bonds. The first kappa shape index (κ1) is 19.1. The molecule has 1 atom stereocenters. The lowest BCUT2D eigenvalue weighted by atomic mass is 9.98. The molecule has 4 rings (SSSR count). The molecule has 2 aromatic rings. The third-order valence-corrected chi connectivity index (χ3v) is 5.66. The zero-order valence-corrected chi connectivity index (χ0v) is 16.7. The van der Waals surface area contributed by atoms with Gasteiger partial charge in [-0.1, -0.05) is 24.2 Å². The number of hydrogen-bond donors (Lipinski definition) is 0. The SMILES string of the molecule is CCc1noc(CN(C)C(=O)CN2C(=O)c3ccccc3N3C(=O)CC[C@]23C)n1. The van der Waals surface area contributed by atoms with Crippen molar-refractivity contribution in [1.29, 1.82) is 0 Å². The van der Waals surface area contributed by atoms with Crippen LogP contribution in [0.5, 0.6) is 0 Å². The maximum atomic E-state index is 13.2. The summed E-state index contributed by atoms with van der Waals surface area (Å²) in [4.78, 5) is 47.5. The molecular formula is C20H23N5O4. The molecule has 0 saturated carbocycles. The second-order valence-corrected chi connectivity index (χ2v) is 7.56. The lowest BCUT2D eigenvalue weighted by Crippen LogP contribution is -2.63. The number of rotatable bonds is 5. The smallest absolute Gasteiger partial charge is 0.258 e. The number of aryl methyl sites for hydroxylation is 1. The Kier molecular flexibility index (Phi) is 4.60. The molecule has 2 aliphatic heterocycles. The number of fused-ring (bicyclic) bond motifs is 3. The van der Waals surface area contributed by atoms with Crippen LogP contribution in [-0.2, 0) is 22.6 Å². The maximum Gasteiger partial charge on any atom is 0.258 e. The van der Waals surface area contributed by atoms with Crippen LogP contribution in [0, 0.1) is 0 Å². The number of hydrogen-bond acceptors (Lipinski definition) is 6. The van der Waals surface area contributed by atoms with Gasteiger partial charge in [-0.3, -0.25) is 19.3 Å². The highest BCUT2D eigenvalue weighted by molar-refractivity contribution is 6.11. The number of anilines is 1. The van der Waals surface area contributed by atoms with Gasteiger partial charge in [0.25, 0.3) is 5.91 Å². The van der Waals surface area contributed by atoms with E-state index < -0.39 is 5.66 Å². The van der Waals surface area contributed by atoms with E-state index in [4.69, 9.17) is 4.52 Å². The fourth-order valence-corrected chi connectivity index (χ4v) is 3.99. The molecule has 1 aromatic carbocycles. The van der Waals surface area contributed by atoms with E-state index in [1.54, 1.807) is 30.1 Å². The second kappa shape index (κ2) is 6.98. The Morgan fingerprint density at radius 3 is 2.79 bits per heavy atom. The van der Waals surface area contributed by atoms with E-state index in [-0.39, 0.29) is 30.8 Å². The molecule has 152 valence electrons. The first-order chi connectivity index (χ1) is 13.8. The van der Waals surface area contributed by atoms with Crippen LogP contribution in [-0.4, -0.2) is 56.9 Å². The number of amides is 3. The van der Waals surface area contributed by atoms with Crippen LogP contribution in [0.15, 0.2) is 28.8 Å². The molecule has 1 aromatic heterocycles.